The Hall–Kier alpha value is -2.82. The third kappa shape index (κ3) is 3.82. The lowest BCUT2D eigenvalue weighted by molar-refractivity contribution is -0.384. The highest BCUT2D eigenvalue weighted by molar-refractivity contribution is 7.91. The fraction of sp³-hybridized carbons (Fsp3) is 0.438. The second-order valence-electron chi connectivity index (χ2n) is 6.37. The summed E-state index contributed by atoms with van der Waals surface area (Å²) in [6.07, 6.45) is 1.59. The first-order valence-electron chi connectivity index (χ1n) is 8.35. The minimum Gasteiger partial charge on any atom is -0.337 e. The Morgan fingerprint density at radius 1 is 1.44 bits per heavy atom. The number of hydrogen-bond acceptors (Lipinski definition) is 7. The lowest BCUT2D eigenvalue weighted by Gasteiger charge is -2.27. The second kappa shape index (κ2) is 7.06. The number of benzene rings is 1. The number of likely N-dealkylation sites (N-methyl/N-ethyl adjacent to an activating group) is 1. The van der Waals surface area contributed by atoms with Crippen LogP contribution in [0.25, 0.3) is 10.9 Å². The van der Waals surface area contributed by atoms with E-state index in [9.17, 15) is 28.1 Å². The summed E-state index contributed by atoms with van der Waals surface area (Å²) in [6.45, 7) is 1.75. The van der Waals surface area contributed by atoms with Crippen molar-refractivity contribution in [3.05, 3.63) is 45.0 Å². The van der Waals surface area contributed by atoms with Gasteiger partial charge in [-0.3, -0.25) is 24.3 Å². The van der Waals surface area contributed by atoms with Crippen LogP contribution in [0.5, 0.6) is 0 Å². The monoisotopic (exact) mass is 394 g/mol. The van der Waals surface area contributed by atoms with Gasteiger partial charge in [-0.2, -0.15) is 0 Å². The van der Waals surface area contributed by atoms with Gasteiger partial charge in [0.1, 0.15) is 6.54 Å². The maximum absolute atomic E-state index is 12.6. The number of aromatic nitrogens is 2. The first kappa shape index (κ1) is 19.0. The van der Waals surface area contributed by atoms with Crippen molar-refractivity contribution < 1.29 is 18.1 Å². The predicted octanol–water partition coefficient (Wildman–Crippen LogP) is 0.340. The van der Waals surface area contributed by atoms with Crippen molar-refractivity contribution in [1.29, 1.82) is 0 Å². The largest absolute Gasteiger partial charge is 0.337 e. The molecular formula is C16H18N4O6S. The number of fused-ring (bicyclic) bond motifs is 1. The summed E-state index contributed by atoms with van der Waals surface area (Å²) in [7, 11) is -3.15. The molecule has 1 unspecified atom stereocenters. The van der Waals surface area contributed by atoms with Crippen LogP contribution in [-0.4, -0.2) is 57.8 Å². The van der Waals surface area contributed by atoms with Crippen molar-refractivity contribution in [1.82, 2.24) is 14.5 Å². The molecule has 1 aliphatic heterocycles. The van der Waals surface area contributed by atoms with E-state index in [1.807, 2.05) is 0 Å². The molecule has 0 spiro atoms. The number of carbonyl (C=O) groups is 1. The highest BCUT2D eigenvalue weighted by Crippen LogP contribution is 2.19. The number of sulfone groups is 1. The average Bonchev–Trinajstić information content (AvgIpc) is 2.97. The lowest BCUT2D eigenvalue weighted by atomic mass is 10.2. The summed E-state index contributed by atoms with van der Waals surface area (Å²) >= 11 is 0. The average molecular weight is 394 g/mol. The minimum atomic E-state index is -3.15. The first-order valence-corrected chi connectivity index (χ1v) is 10.2. The van der Waals surface area contributed by atoms with Crippen molar-refractivity contribution in [3.63, 3.8) is 0 Å². The first-order chi connectivity index (χ1) is 12.7. The Kier molecular flexibility index (Phi) is 4.96. The molecular weight excluding hydrogens is 376 g/mol. The molecule has 2 aromatic rings. The summed E-state index contributed by atoms with van der Waals surface area (Å²) in [5.74, 6) is -0.431. The van der Waals surface area contributed by atoms with E-state index in [0.717, 1.165) is 10.6 Å². The van der Waals surface area contributed by atoms with Gasteiger partial charge in [0.25, 0.3) is 11.2 Å². The maximum Gasteiger partial charge on any atom is 0.270 e. The minimum absolute atomic E-state index is 0.0442. The van der Waals surface area contributed by atoms with Gasteiger partial charge in [-0.05, 0) is 19.4 Å². The molecule has 11 heteroatoms. The molecule has 2 heterocycles. The summed E-state index contributed by atoms with van der Waals surface area (Å²) in [5, 5.41) is 11.0. The van der Waals surface area contributed by atoms with Gasteiger partial charge in [-0.15, -0.1) is 0 Å². The van der Waals surface area contributed by atoms with Crippen LogP contribution in [0.2, 0.25) is 0 Å². The SMILES string of the molecule is CCN(C(=O)Cn1cnc2ccc([N+](=O)[O-])cc2c1=O)C1CCS(=O)(=O)C1. The Bertz CT molecular complexity index is 1080. The van der Waals surface area contributed by atoms with Gasteiger partial charge in [-0.1, -0.05) is 0 Å². The summed E-state index contributed by atoms with van der Waals surface area (Å²) in [4.78, 5) is 41.1. The van der Waals surface area contributed by atoms with E-state index >= 15 is 0 Å². The summed E-state index contributed by atoms with van der Waals surface area (Å²) in [5.41, 5.74) is -0.507. The van der Waals surface area contributed by atoms with E-state index in [1.54, 1.807) is 6.92 Å². The molecule has 1 aliphatic rings. The number of carbonyl (C=O) groups excluding carboxylic acids is 1. The molecule has 1 saturated heterocycles. The zero-order valence-corrected chi connectivity index (χ0v) is 15.4. The summed E-state index contributed by atoms with van der Waals surface area (Å²) < 4.78 is 24.4. The van der Waals surface area contributed by atoms with Crippen LogP contribution in [-0.2, 0) is 21.2 Å². The Morgan fingerprint density at radius 3 is 2.78 bits per heavy atom. The van der Waals surface area contributed by atoms with Crippen LogP contribution in [0.1, 0.15) is 13.3 Å². The molecule has 1 amide bonds. The fourth-order valence-electron chi connectivity index (χ4n) is 3.27. The number of amides is 1. The second-order valence-corrected chi connectivity index (χ2v) is 8.60. The molecule has 1 aromatic carbocycles. The van der Waals surface area contributed by atoms with Crippen LogP contribution >= 0.6 is 0 Å². The van der Waals surface area contributed by atoms with E-state index in [4.69, 9.17) is 0 Å². The van der Waals surface area contributed by atoms with Crippen LogP contribution in [0.15, 0.2) is 29.3 Å². The molecule has 0 radical (unpaired) electrons. The van der Waals surface area contributed by atoms with Gasteiger partial charge >= 0.3 is 0 Å². The Morgan fingerprint density at radius 2 is 2.19 bits per heavy atom. The van der Waals surface area contributed by atoms with Gasteiger partial charge in [0, 0.05) is 24.7 Å². The maximum atomic E-state index is 12.6. The molecule has 144 valence electrons. The smallest absolute Gasteiger partial charge is 0.270 e. The quantitative estimate of drug-likeness (QED) is 0.527. The molecule has 0 saturated carbocycles. The van der Waals surface area contributed by atoms with Gasteiger partial charge < -0.3 is 4.90 Å². The molecule has 1 aromatic heterocycles. The molecule has 27 heavy (non-hydrogen) atoms. The van der Waals surface area contributed by atoms with Crippen molar-refractivity contribution in [2.75, 3.05) is 18.1 Å². The topological polar surface area (TPSA) is 132 Å². The van der Waals surface area contributed by atoms with E-state index in [2.05, 4.69) is 4.98 Å². The third-order valence-electron chi connectivity index (χ3n) is 4.63. The molecule has 10 nitrogen and oxygen atoms in total. The van der Waals surface area contributed by atoms with E-state index in [-0.39, 0.29) is 29.1 Å². The molecule has 0 bridgehead atoms. The van der Waals surface area contributed by atoms with Crippen LogP contribution in [0.3, 0.4) is 0 Å². The standard InChI is InChI=1S/C16H18N4O6S/c1-2-19(12-5-6-27(25,26)9-12)15(21)8-18-10-17-14-4-3-11(20(23)24)7-13(14)16(18)22/h3-4,7,10,12H,2,5-6,8-9H2,1H3. The Labute approximate surface area is 154 Å². The van der Waals surface area contributed by atoms with Crippen molar-refractivity contribution in [3.8, 4) is 0 Å². The molecule has 1 atom stereocenters. The van der Waals surface area contributed by atoms with E-state index in [1.165, 1.54) is 23.4 Å². The predicted molar refractivity (Wildman–Crippen MR) is 97.1 cm³/mol. The fourth-order valence-corrected chi connectivity index (χ4v) is 5.00. The van der Waals surface area contributed by atoms with Gasteiger partial charge in [0.05, 0.1) is 33.7 Å². The number of nitro groups is 1. The van der Waals surface area contributed by atoms with Crippen LogP contribution in [0, 0.1) is 10.1 Å². The molecule has 1 fully saturated rings. The van der Waals surface area contributed by atoms with E-state index < -0.39 is 32.3 Å². The zero-order chi connectivity index (χ0) is 19.8. The van der Waals surface area contributed by atoms with Crippen molar-refractivity contribution >= 4 is 32.3 Å². The highest BCUT2D eigenvalue weighted by Gasteiger charge is 2.34. The third-order valence-corrected chi connectivity index (χ3v) is 6.38. The normalized spacial score (nSPS) is 18.5. The van der Waals surface area contributed by atoms with E-state index in [0.29, 0.717) is 18.5 Å². The Balaban J connectivity index is 1.89. The van der Waals surface area contributed by atoms with Crippen molar-refractivity contribution in [2.45, 2.75) is 25.9 Å². The lowest BCUT2D eigenvalue weighted by Crippen LogP contribution is -2.43. The number of non-ortho nitro benzene ring substituents is 1. The van der Waals surface area contributed by atoms with Gasteiger partial charge in [-0.25, -0.2) is 13.4 Å². The van der Waals surface area contributed by atoms with Crippen molar-refractivity contribution in [2.24, 2.45) is 0 Å². The molecule has 0 aliphatic carbocycles. The molecule has 3 rings (SSSR count). The highest BCUT2D eigenvalue weighted by atomic mass is 32.2. The number of nitro benzene ring substituents is 1. The molecule has 0 N–H and O–H groups in total. The summed E-state index contributed by atoms with van der Waals surface area (Å²) in [6, 6.07) is 3.36. The van der Waals surface area contributed by atoms with Gasteiger partial charge in [0.2, 0.25) is 5.91 Å². The number of hydrogen-bond donors (Lipinski definition) is 0. The van der Waals surface area contributed by atoms with Crippen LogP contribution in [0.4, 0.5) is 5.69 Å². The van der Waals surface area contributed by atoms with Gasteiger partial charge in [0.15, 0.2) is 9.84 Å². The zero-order valence-electron chi connectivity index (χ0n) is 14.6. The van der Waals surface area contributed by atoms with Crippen LogP contribution < -0.4 is 5.56 Å². The number of nitrogens with zero attached hydrogens (tertiary/aromatic N) is 4. The number of rotatable bonds is 5.